The highest BCUT2D eigenvalue weighted by Crippen LogP contribution is 2.53. The Hall–Kier alpha value is -3.81. The summed E-state index contributed by atoms with van der Waals surface area (Å²) in [6.07, 6.45) is -1.90. The molecule has 13 nitrogen and oxygen atoms in total. The summed E-state index contributed by atoms with van der Waals surface area (Å²) in [7, 11) is 2.86. The summed E-state index contributed by atoms with van der Waals surface area (Å²) in [5, 5.41) is 66.5. The molecule has 0 bridgehead atoms. The molecular weight excluding hydrogens is 466 g/mol. The molecule has 7 N–H and O–H groups in total. The second-order valence-electron chi connectivity index (χ2n) is 9.22. The van der Waals surface area contributed by atoms with Gasteiger partial charge in [0.2, 0.25) is 11.5 Å². The number of hydrogen-bond acceptors (Lipinski definition) is 11. The molecule has 1 aromatic rings. The van der Waals surface area contributed by atoms with E-state index in [0.29, 0.717) is 0 Å². The zero-order valence-electron chi connectivity index (χ0n) is 18.8. The minimum absolute atomic E-state index is 0.185. The van der Waals surface area contributed by atoms with E-state index >= 15 is 0 Å². The number of aliphatic hydroxyl groups excluding tert-OH is 3. The number of rotatable bonds is 3. The van der Waals surface area contributed by atoms with Gasteiger partial charge in [0.05, 0.1) is 28.6 Å². The Kier molecular flexibility index (Phi) is 5.28. The predicted molar refractivity (Wildman–Crippen MR) is 116 cm³/mol. The van der Waals surface area contributed by atoms with E-state index in [4.69, 9.17) is 5.73 Å². The maximum Gasteiger partial charge on any atom is 0.311 e. The number of nitro benzene ring substituents is 1. The molecule has 4 rings (SSSR count). The molecule has 0 radical (unpaired) electrons. The average Bonchev–Trinajstić information content (AvgIpc) is 2.75. The van der Waals surface area contributed by atoms with Gasteiger partial charge >= 0.3 is 5.69 Å². The fourth-order valence-electron chi connectivity index (χ4n) is 5.64. The second-order valence-corrected chi connectivity index (χ2v) is 9.22. The number of likely N-dealkylation sites (N-methyl/N-ethyl adjacent to an activating group) is 1. The molecule has 0 aliphatic heterocycles. The lowest BCUT2D eigenvalue weighted by atomic mass is 9.57. The molecule has 35 heavy (non-hydrogen) atoms. The lowest BCUT2D eigenvalue weighted by molar-refractivity contribution is -0.386. The summed E-state index contributed by atoms with van der Waals surface area (Å²) in [5.41, 5.74) is -0.218. The topological polar surface area (TPSA) is 225 Å². The predicted octanol–water partition coefficient (Wildman–Crippen LogP) is -0.692. The highest BCUT2D eigenvalue weighted by molar-refractivity contribution is 6.25. The zero-order valence-corrected chi connectivity index (χ0v) is 18.8. The molecule has 186 valence electrons. The molecule has 0 spiro atoms. The summed E-state index contributed by atoms with van der Waals surface area (Å²) in [5.74, 6) is -9.81. The van der Waals surface area contributed by atoms with Gasteiger partial charge in [0.15, 0.2) is 11.4 Å². The Morgan fingerprint density at radius 1 is 1.26 bits per heavy atom. The van der Waals surface area contributed by atoms with E-state index in [2.05, 4.69) is 0 Å². The third-order valence-corrected chi connectivity index (χ3v) is 7.20. The van der Waals surface area contributed by atoms with Gasteiger partial charge in [0.1, 0.15) is 17.1 Å². The number of Topliss-reactive ketones (excluding diaryl/α,β-unsaturated/α-hetero) is 2. The number of hydrogen-bond donors (Lipinski definition) is 6. The molecule has 0 saturated carbocycles. The molecule has 5 atom stereocenters. The Morgan fingerprint density at radius 2 is 1.86 bits per heavy atom. The Balaban J connectivity index is 2.04. The molecule has 3 aliphatic carbocycles. The minimum atomic E-state index is -3.03. The fourth-order valence-corrected chi connectivity index (χ4v) is 5.64. The number of nitrogens with two attached hydrogens (primary N) is 1. The molecule has 1 aromatic carbocycles. The number of aliphatic hydroxyl groups is 4. The lowest BCUT2D eigenvalue weighted by Gasteiger charge is -2.52. The molecule has 0 aromatic heterocycles. The van der Waals surface area contributed by atoms with Crippen LogP contribution in [0.5, 0.6) is 5.75 Å². The monoisotopic (exact) mass is 489 g/mol. The van der Waals surface area contributed by atoms with Crippen molar-refractivity contribution in [1.29, 1.82) is 0 Å². The van der Waals surface area contributed by atoms with Crippen molar-refractivity contribution in [1.82, 2.24) is 4.90 Å². The summed E-state index contributed by atoms with van der Waals surface area (Å²) < 4.78 is 0. The summed E-state index contributed by atoms with van der Waals surface area (Å²) >= 11 is 0. The molecule has 3 aliphatic rings. The number of benzene rings is 1. The lowest BCUT2D eigenvalue weighted by Crippen LogP contribution is -2.68. The maximum absolute atomic E-state index is 13.5. The summed E-state index contributed by atoms with van der Waals surface area (Å²) in [4.78, 5) is 50.4. The van der Waals surface area contributed by atoms with E-state index in [-0.39, 0.29) is 17.5 Å². The first-order valence-corrected chi connectivity index (χ1v) is 10.5. The molecular formula is C22H23N3O10. The van der Waals surface area contributed by atoms with Gasteiger partial charge in [0, 0.05) is 17.6 Å². The van der Waals surface area contributed by atoms with E-state index in [1.165, 1.54) is 25.9 Å². The maximum atomic E-state index is 13.5. The number of primary amides is 1. The number of amides is 1. The van der Waals surface area contributed by atoms with Crippen LogP contribution in [-0.2, 0) is 16.0 Å². The average molecular weight is 489 g/mol. The zero-order chi connectivity index (χ0) is 26.3. The van der Waals surface area contributed by atoms with Crippen molar-refractivity contribution in [3.05, 3.63) is 55.5 Å². The number of phenolic OH excluding ortho intramolecular Hbond substituents is 1. The number of aryl methyl sites for hydroxylation is 1. The van der Waals surface area contributed by atoms with Gasteiger partial charge in [-0.05, 0) is 38.6 Å². The van der Waals surface area contributed by atoms with E-state index in [0.717, 1.165) is 6.07 Å². The SMILES string of the molecule is Cc1cc([N+](=O)[O-])c(O)c2c1CC1C(=C(O)[C@]3(O)C(=O)C(C(N)=O)=C(O)[C@@H](N(C)C)C3[C@H]1O)C2=O. The van der Waals surface area contributed by atoms with Gasteiger partial charge in [-0.25, -0.2) is 0 Å². The van der Waals surface area contributed by atoms with Crippen molar-refractivity contribution in [2.75, 3.05) is 14.1 Å². The van der Waals surface area contributed by atoms with Crippen molar-refractivity contribution in [2.24, 2.45) is 17.6 Å². The number of nitrogens with zero attached hydrogens (tertiary/aromatic N) is 2. The number of carbonyl (C=O) groups excluding carboxylic acids is 3. The van der Waals surface area contributed by atoms with Crippen LogP contribution in [0.3, 0.4) is 0 Å². The molecule has 0 saturated heterocycles. The summed E-state index contributed by atoms with van der Waals surface area (Å²) in [6.45, 7) is 1.47. The van der Waals surface area contributed by atoms with Gasteiger partial charge in [-0.15, -0.1) is 0 Å². The first kappa shape index (κ1) is 24.3. The van der Waals surface area contributed by atoms with Crippen LogP contribution in [0.4, 0.5) is 5.69 Å². The van der Waals surface area contributed by atoms with Crippen molar-refractivity contribution >= 4 is 23.2 Å². The third-order valence-electron chi connectivity index (χ3n) is 7.20. The molecule has 1 amide bonds. The van der Waals surface area contributed by atoms with Gasteiger partial charge in [0.25, 0.3) is 5.91 Å². The van der Waals surface area contributed by atoms with E-state index in [1.807, 2.05) is 0 Å². The van der Waals surface area contributed by atoms with Crippen LogP contribution >= 0.6 is 0 Å². The second kappa shape index (κ2) is 7.60. The van der Waals surface area contributed by atoms with Crippen LogP contribution < -0.4 is 5.73 Å². The number of nitro groups is 1. The largest absolute Gasteiger partial charge is 0.510 e. The van der Waals surface area contributed by atoms with Gasteiger partial charge in [-0.2, -0.15) is 0 Å². The van der Waals surface area contributed by atoms with E-state index in [1.54, 1.807) is 0 Å². The molecule has 0 heterocycles. The smallest absolute Gasteiger partial charge is 0.311 e. The highest BCUT2D eigenvalue weighted by atomic mass is 16.6. The van der Waals surface area contributed by atoms with Crippen molar-refractivity contribution in [2.45, 2.75) is 31.1 Å². The van der Waals surface area contributed by atoms with Crippen molar-refractivity contribution < 1.29 is 44.8 Å². The number of fused-ring (bicyclic) bond motifs is 3. The number of aromatic hydroxyl groups is 1. The number of ketones is 2. The number of phenols is 1. The van der Waals surface area contributed by atoms with Crippen LogP contribution in [0.25, 0.3) is 0 Å². The molecule has 0 fully saturated rings. The Morgan fingerprint density at radius 3 is 2.37 bits per heavy atom. The first-order chi connectivity index (χ1) is 16.2. The highest BCUT2D eigenvalue weighted by Gasteiger charge is 2.66. The van der Waals surface area contributed by atoms with Gasteiger partial charge in [-0.3, -0.25) is 29.4 Å². The first-order valence-electron chi connectivity index (χ1n) is 10.5. The Bertz CT molecular complexity index is 1300. The Labute approximate surface area is 197 Å². The van der Waals surface area contributed by atoms with E-state index in [9.17, 15) is 50.0 Å². The van der Waals surface area contributed by atoms with Crippen molar-refractivity contribution in [3.8, 4) is 5.75 Å². The third kappa shape index (κ3) is 2.95. The van der Waals surface area contributed by atoms with Crippen LogP contribution in [0.2, 0.25) is 0 Å². The summed E-state index contributed by atoms with van der Waals surface area (Å²) in [6, 6.07) is -0.288. The number of carbonyl (C=O) groups is 3. The van der Waals surface area contributed by atoms with Crippen LogP contribution in [0, 0.1) is 28.9 Å². The minimum Gasteiger partial charge on any atom is -0.510 e. The fraction of sp³-hybridized carbons (Fsp3) is 0.409. The van der Waals surface area contributed by atoms with Crippen LogP contribution in [0.15, 0.2) is 28.7 Å². The van der Waals surface area contributed by atoms with E-state index < -0.39 is 91.6 Å². The molecule has 2 unspecified atom stereocenters. The quantitative estimate of drug-likeness (QED) is 0.177. The van der Waals surface area contributed by atoms with Crippen molar-refractivity contribution in [3.63, 3.8) is 0 Å². The van der Waals surface area contributed by atoms with Crippen LogP contribution in [-0.4, -0.2) is 84.7 Å². The van der Waals surface area contributed by atoms with Crippen LogP contribution in [0.1, 0.15) is 21.5 Å². The van der Waals surface area contributed by atoms with Gasteiger partial charge < -0.3 is 31.3 Å². The standard InChI is InChI=1S/C22H23N3O10/c1-6-4-9(25(34)35)16(27)10-7(6)5-8-11(17(10)28)19(30)22(33)13(15(8)26)14(24(2)3)18(29)12(20(22)31)21(23)32/h4,8,13-15,26-27,29-30,33H,5H2,1-3H3,(H2,23,32)/t8?,13?,14-,15-,22-/m0/s1. The van der Waals surface area contributed by atoms with Gasteiger partial charge in [-0.1, -0.05) is 0 Å². The normalized spacial score (nSPS) is 30.2. The molecule has 13 heteroatoms.